The second kappa shape index (κ2) is 1.03. The van der Waals surface area contributed by atoms with Crippen molar-refractivity contribution in [3.8, 4) is 0 Å². The van der Waals surface area contributed by atoms with Gasteiger partial charge in [0.15, 0.2) is 0 Å². The van der Waals surface area contributed by atoms with Crippen LogP contribution >= 0.6 is 0 Å². The molecule has 0 aromatic carbocycles. The van der Waals surface area contributed by atoms with Gasteiger partial charge in [-0.2, -0.15) is 0 Å². The predicted molar refractivity (Wildman–Crippen MR) is 39.5 cm³/mol. The number of allylic oxidation sites excluding steroid dienone is 4. The molecule has 1 saturated carbocycles. The molecule has 0 bridgehead atoms. The smallest absolute Gasteiger partial charge is 0.00869 e. The number of hydrogen-bond donors (Lipinski definition) is 0. The molecule has 0 radical (unpaired) electrons. The summed E-state index contributed by atoms with van der Waals surface area (Å²) in [5.74, 6) is 2.16. The molecule has 0 heteroatoms. The lowest BCUT2D eigenvalue weighted by Crippen LogP contribution is -2.48. The fourth-order valence-electron chi connectivity index (χ4n) is 3.17. The van der Waals surface area contributed by atoms with Crippen molar-refractivity contribution in [2.24, 2.45) is 11.8 Å². The van der Waals surface area contributed by atoms with Crippen LogP contribution in [0.1, 0.15) is 25.7 Å². The van der Waals surface area contributed by atoms with Crippen molar-refractivity contribution in [3.63, 3.8) is 0 Å². The Morgan fingerprint density at radius 1 is 0.800 bits per heavy atom. The van der Waals surface area contributed by atoms with Crippen LogP contribution < -0.4 is 0 Å². The van der Waals surface area contributed by atoms with E-state index in [2.05, 4.69) is 0 Å². The second-order valence-electron chi connectivity index (χ2n) is 4.07. The fraction of sp³-hybridized carbons (Fsp3) is 0.600. The molecule has 2 atom stereocenters. The van der Waals surface area contributed by atoms with E-state index in [9.17, 15) is 0 Å². The molecule has 4 aliphatic rings. The highest BCUT2D eigenvalue weighted by Crippen LogP contribution is 2.69. The van der Waals surface area contributed by atoms with E-state index in [0.717, 1.165) is 11.8 Å². The molecular weight excluding hydrogens is 120 g/mol. The van der Waals surface area contributed by atoms with Gasteiger partial charge in [0.1, 0.15) is 0 Å². The number of hydrogen-bond acceptors (Lipinski definition) is 0. The van der Waals surface area contributed by atoms with Gasteiger partial charge in [0.2, 0.25) is 0 Å². The van der Waals surface area contributed by atoms with E-state index < -0.39 is 0 Å². The lowest BCUT2D eigenvalue weighted by atomic mass is 9.44. The van der Waals surface area contributed by atoms with E-state index in [1.54, 1.807) is 11.1 Å². The summed E-state index contributed by atoms with van der Waals surface area (Å²) in [6.07, 6.45) is 5.88. The highest BCUT2D eigenvalue weighted by molar-refractivity contribution is 5.72. The summed E-state index contributed by atoms with van der Waals surface area (Å²) in [7, 11) is 0. The highest BCUT2D eigenvalue weighted by Gasteiger charge is 2.55. The Balaban J connectivity index is 1.90. The maximum atomic E-state index is 1.84. The molecule has 1 fully saturated rings. The van der Waals surface area contributed by atoms with Crippen LogP contribution in [0.3, 0.4) is 0 Å². The zero-order valence-corrected chi connectivity index (χ0v) is 5.98. The van der Waals surface area contributed by atoms with Crippen LogP contribution in [0.2, 0.25) is 0 Å². The van der Waals surface area contributed by atoms with Gasteiger partial charge in [-0.1, -0.05) is 0 Å². The Morgan fingerprint density at radius 2 is 1.30 bits per heavy atom. The molecule has 0 aromatic heterocycles. The lowest BCUT2D eigenvalue weighted by molar-refractivity contribution is 0.191. The summed E-state index contributed by atoms with van der Waals surface area (Å²) in [6.45, 7) is 0. The Morgan fingerprint density at radius 3 is 1.60 bits per heavy atom. The van der Waals surface area contributed by atoms with Gasteiger partial charge in [-0.15, -0.1) is 0 Å². The van der Waals surface area contributed by atoms with Crippen molar-refractivity contribution in [1.29, 1.82) is 0 Å². The Kier molecular flexibility index (Phi) is 0.450. The molecule has 0 amide bonds. The van der Waals surface area contributed by atoms with Crippen molar-refractivity contribution in [3.05, 3.63) is 22.3 Å². The van der Waals surface area contributed by atoms with Gasteiger partial charge in [-0.3, -0.25) is 0 Å². The van der Waals surface area contributed by atoms with Crippen molar-refractivity contribution in [1.82, 2.24) is 0 Å². The van der Waals surface area contributed by atoms with E-state index in [4.69, 9.17) is 0 Å². The van der Waals surface area contributed by atoms with Gasteiger partial charge in [-0.05, 0) is 59.8 Å². The first-order chi connectivity index (χ1) is 4.97. The van der Waals surface area contributed by atoms with E-state index >= 15 is 0 Å². The van der Waals surface area contributed by atoms with E-state index in [-0.39, 0.29) is 0 Å². The van der Waals surface area contributed by atoms with E-state index in [0.29, 0.717) is 0 Å². The van der Waals surface area contributed by atoms with Crippen LogP contribution in [0.25, 0.3) is 0 Å². The highest BCUT2D eigenvalue weighted by atomic mass is 14.6. The van der Waals surface area contributed by atoms with Crippen LogP contribution in [-0.2, 0) is 0 Å². The molecule has 0 spiro atoms. The van der Waals surface area contributed by atoms with E-state index in [1.165, 1.54) is 25.7 Å². The SMILES string of the molecule is C1CC2=C1C1=C2C2CCC12. The summed E-state index contributed by atoms with van der Waals surface area (Å²) >= 11 is 0. The average molecular weight is 130 g/mol. The van der Waals surface area contributed by atoms with Gasteiger partial charge in [-0.25, -0.2) is 0 Å². The largest absolute Gasteiger partial charge is 0.0452 e. The summed E-state index contributed by atoms with van der Waals surface area (Å²) < 4.78 is 0. The van der Waals surface area contributed by atoms with Crippen LogP contribution in [0, 0.1) is 11.8 Å². The molecule has 10 heavy (non-hydrogen) atoms. The molecule has 0 N–H and O–H groups in total. The molecule has 0 saturated heterocycles. The standard InChI is InChI=1S/C10H10/c1-2-6-5(1)9-7-3-4-8(7)10(6)9/h5-6H,1-4H2. The second-order valence-corrected chi connectivity index (χ2v) is 4.07. The molecule has 0 aliphatic heterocycles. The Hall–Kier alpha value is -0.520. The van der Waals surface area contributed by atoms with Crippen LogP contribution in [0.5, 0.6) is 0 Å². The maximum Gasteiger partial charge on any atom is -0.00869 e. The minimum atomic E-state index is 1.08. The van der Waals surface area contributed by atoms with Gasteiger partial charge in [0, 0.05) is 0 Å². The molecule has 4 rings (SSSR count). The molecule has 0 nitrogen and oxygen atoms in total. The first-order valence-corrected chi connectivity index (χ1v) is 4.43. The van der Waals surface area contributed by atoms with Crippen molar-refractivity contribution in [2.75, 3.05) is 0 Å². The van der Waals surface area contributed by atoms with Gasteiger partial charge >= 0.3 is 0 Å². The summed E-state index contributed by atoms with van der Waals surface area (Å²) in [5.41, 5.74) is 7.29. The third-order valence-electron chi connectivity index (χ3n) is 3.95. The summed E-state index contributed by atoms with van der Waals surface area (Å²) in [4.78, 5) is 0. The third kappa shape index (κ3) is 0.224. The van der Waals surface area contributed by atoms with Crippen molar-refractivity contribution < 1.29 is 0 Å². The van der Waals surface area contributed by atoms with Gasteiger partial charge in [0.25, 0.3) is 0 Å². The summed E-state index contributed by atoms with van der Waals surface area (Å²) in [5, 5.41) is 0. The van der Waals surface area contributed by atoms with Crippen LogP contribution in [0.4, 0.5) is 0 Å². The normalized spacial score (nSPS) is 45.6. The number of rotatable bonds is 0. The van der Waals surface area contributed by atoms with Crippen LogP contribution in [-0.4, -0.2) is 0 Å². The van der Waals surface area contributed by atoms with E-state index in [1.807, 2.05) is 11.1 Å². The average Bonchev–Trinajstić information content (AvgIpc) is 1.82. The molecule has 2 unspecified atom stereocenters. The summed E-state index contributed by atoms with van der Waals surface area (Å²) in [6, 6.07) is 0. The molecule has 0 heterocycles. The minimum absolute atomic E-state index is 1.08. The first-order valence-electron chi connectivity index (χ1n) is 4.43. The Bertz CT molecular complexity index is 274. The third-order valence-corrected chi connectivity index (χ3v) is 3.95. The maximum absolute atomic E-state index is 1.84. The zero-order valence-electron chi connectivity index (χ0n) is 5.98. The topological polar surface area (TPSA) is 0 Å². The molecule has 4 aliphatic carbocycles. The monoisotopic (exact) mass is 130 g/mol. The number of fused-ring (bicyclic) bond motifs is 5. The molecular formula is C10H10. The van der Waals surface area contributed by atoms with Crippen LogP contribution in [0.15, 0.2) is 22.3 Å². The lowest BCUT2D eigenvalue weighted by Gasteiger charge is -2.60. The first kappa shape index (κ1) is 4.38. The Labute approximate surface area is 60.6 Å². The molecule has 50 valence electrons. The van der Waals surface area contributed by atoms with Crippen molar-refractivity contribution in [2.45, 2.75) is 25.7 Å². The predicted octanol–water partition coefficient (Wildman–Crippen LogP) is 2.43. The molecule has 0 aromatic rings. The quantitative estimate of drug-likeness (QED) is 0.472. The zero-order chi connectivity index (χ0) is 6.29. The van der Waals surface area contributed by atoms with Gasteiger partial charge in [0.05, 0.1) is 0 Å². The van der Waals surface area contributed by atoms with Crippen molar-refractivity contribution >= 4 is 0 Å². The van der Waals surface area contributed by atoms with Gasteiger partial charge < -0.3 is 0 Å². The minimum Gasteiger partial charge on any atom is -0.0452 e. The fourth-order valence-corrected chi connectivity index (χ4v) is 3.17.